The molecule has 0 radical (unpaired) electrons. The van der Waals surface area contributed by atoms with Crippen LogP contribution in [0.15, 0.2) is 59.5 Å². The molecule has 0 aromatic heterocycles. The van der Waals surface area contributed by atoms with Gasteiger partial charge < -0.3 is 0 Å². The van der Waals surface area contributed by atoms with Crippen LogP contribution in [-0.4, -0.2) is 14.5 Å². The molecule has 0 aliphatic rings. The third kappa shape index (κ3) is 3.73. The first-order valence-corrected chi connectivity index (χ1v) is 8.46. The van der Waals surface area contributed by atoms with Crippen molar-refractivity contribution in [3.05, 3.63) is 65.7 Å². The summed E-state index contributed by atoms with van der Waals surface area (Å²) in [6.45, 7) is 3.72. The molecule has 1 N–H and O–H groups in total. The zero-order valence-corrected chi connectivity index (χ0v) is 13.3. The second-order valence-electron chi connectivity index (χ2n) is 5.24. The van der Waals surface area contributed by atoms with Gasteiger partial charge in [-0.15, -0.1) is 0 Å². The van der Waals surface area contributed by atoms with Gasteiger partial charge in [0.15, 0.2) is 0 Å². The van der Waals surface area contributed by atoms with Gasteiger partial charge in [0.1, 0.15) is 6.04 Å². The molecule has 0 aliphatic carbocycles. The van der Waals surface area contributed by atoms with E-state index in [1.165, 1.54) is 0 Å². The van der Waals surface area contributed by atoms with E-state index in [1.807, 2.05) is 50.2 Å². The van der Waals surface area contributed by atoms with Crippen LogP contribution in [0.4, 0.5) is 0 Å². The summed E-state index contributed by atoms with van der Waals surface area (Å²) in [4.78, 5) is 0.165. The molecular weight excluding hydrogens is 296 g/mol. The van der Waals surface area contributed by atoms with Gasteiger partial charge in [0, 0.05) is 5.92 Å². The largest absolute Gasteiger partial charge is 0.241 e. The molecule has 22 heavy (non-hydrogen) atoms. The van der Waals surface area contributed by atoms with Crippen LogP contribution >= 0.6 is 0 Å². The molecule has 0 bridgehead atoms. The fourth-order valence-electron chi connectivity index (χ4n) is 2.14. The van der Waals surface area contributed by atoms with E-state index >= 15 is 0 Å². The monoisotopic (exact) mass is 314 g/mol. The van der Waals surface area contributed by atoms with Crippen molar-refractivity contribution in [1.82, 2.24) is 4.72 Å². The second-order valence-corrected chi connectivity index (χ2v) is 6.95. The van der Waals surface area contributed by atoms with E-state index in [0.717, 1.165) is 11.1 Å². The molecule has 0 saturated carbocycles. The Bertz CT molecular complexity index is 763. The highest BCUT2D eigenvalue weighted by Gasteiger charge is 2.25. The maximum atomic E-state index is 12.4. The Balaban J connectivity index is 2.23. The van der Waals surface area contributed by atoms with Gasteiger partial charge in [-0.3, -0.25) is 0 Å². The molecule has 0 heterocycles. The van der Waals surface area contributed by atoms with Crippen molar-refractivity contribution in [1.29, 1.82) is 5.26 Å². The number of benzene rings is 2. The first-order valence-electron chi connectivity index (χ1n) is 6.97. The van der Waals surface area contributed by atoms with Crippen molar-refractivity contribution in [3.63, 3.8) is 0 Å². The van der Waals surface area contributed by atoms with Gasteiger partial charge in [0.2, 0.25) is 10.0 Å². The van der Waals surface area contributed by atoms with Crippen LogP contribution in [0, 0.1) is 18.3 Å². The molecule has 2 aromatic carbocycles. The Hall–Kier alpha value is -2.16. The fraction of sp³-hybridized carbons (Fsp3) is 0.235. The van der Waals surface area contributed by atoms with Crippen molar-refractivity contribution in [2.45, 2.75) is 30.7 Å². The van der Waals surface area contributed by atoms with E-state index in [0.29, 0.717) is 0 Å². The first kappa shape index (κ1) is 16.2. The third-order valence-corrected chi connectivity index (χ3v) is 5.03. The Morgan fingerprint density at radius 3 is 2.18 bits per heavy atom. The topological polar surface area (TPSA) is 70.0 Å². The number of hydrogen-bond acceptors (Lipinski definition) is 3. The van der Waals surface area contributed by atoms with Crippen LogP contribution in [0.2, 0.25) is 0 Å². The minimum Gasteiger partial charge on any atom is -0.207 e. The standard InChI is InChI=1S/C17H18N2O2S/c1-13-8-10-16(11-9-13)22(20,21)19-17(12-18)14(2)15-6-4-3-5-7-15/h3-11,14,17,19H,1-2H3. The molecule has 0 fully saturated rings. The van der Waals surface area contributed by atoms with E-state index < -0.39 is 16.1 Å². The van der Waals surface area contributed by atoms with E-state index in [2.05, 4.69) is 4.72 Å². The molecule has 114 valence electrons. The Labute approximate surface area is 131 Å². The molecule has 0 amide bonds. The lowest BCUT2D eigenvalue weighted by Gasteiger charge is -2.19. The highest BCUT2D eigenvalue weighted by Crippen LogP contribution is 2.20. The number of nitrogens with zero attached hydrogens (tertiary/aromatic N) is 1. The van der Waals surface area contributed by atoms with Gasteiger partial charge in [-0.05, 0) is 24.6 Å². The van der Waals surface area contributed by atoms with E-state index in [9.17, 15) is 13.7 Å². The SMILES string of the molecule is Cc1ccc(S(=O)(=O)NC(C#N)C(C)c2ccccc2)cc1. The number of aryl methyl sites for hydroxylation is 1. The average Bonchev–Trinajstić information content (AvgIpc) is 2.53. The number of sulfonamides is 1. The van der Waals surface area contributed by atoms with Crippen molar-refractivity contribution in [2.75, 3.05) is 0 Å². The summed E-state index contributed by atoms with van der Waals surface area (Å²) < 4.78 is 27.3. The summed E-state index contributed by atoms with van der Waals surface area (Å²) >= 11 is 0. The van der Waals surface area contributed by atoms with E-state index in [4.69, 9.17) is 0 Å². The molecule has 0 saturated heterocycles. The van der Waals surface area contributed by atoms with Crippen LogP contribution in [-0.2, 0) is 10.0 Å². The zero-order chi connectivity index (χ0) is 16.2. The highest BCUT2D eigenvalue weighted by atomic mass is 32.2. The summed E-state index contributed by atoms with van der Waals surface area (Å²) in [6.07, 6.45) is 0. The maximum Gasteiger partial charge on any atom is 0.241 e. The van der Waals surface area contributed by atoms with Gasteiger partial charge in [-0.2, -0.15) is 9.98 Å². The summed E-state index contributed by atoms with van der Waals surface area (Å²) in [5.74, 6) is -0.244. The maximum absolute atomic E-state index is 12.4. The minimum atomic E-state index is -3.71. The molecule has 2 rings (SSSR count). The lowest BCUT2D eigenvalue weighted by atomic mass is 9.95. The predicted molar refractivity (Wildman–Crippen MR) is 85.8 cm³/mol. The van der Waals surface area contributed by atoms with Gasteiger partial charge in [-0.1, -0.05) is 55.0 Å². The Kier molecular flexibility index (Phi) is 4.96. The van der Waals surface area contributed by atoms with Crippen molar-refractivity contribution >= 4 is 10.0 Å². The van der Waals surface area contributed by atoms with Crippen LogP contribution < -0.4 is 4.72 Å². The van der Waals surface area contributed by atoms with Gasteiger partial charge in [0.25, 0.3) is 0 Å². The van der Waals surface area contributed by atoms with Crippen molar-refractivity contribution in [3.8, 4) is 6.07 Å². The molecule has 0 aliphatic heterocycles. The summed E-state index contributed by atoms with van der Waals surface area (Å²) in [7, 11) is -3.71. The summed E-state index contributed by atoms with van der Waals surface area (Å²) in [5, 5.41) is 9.34. The first-order chi connectivity index (χ1) is 10.4. The highest BCUT2D eigenvalue weighted by molar-refractivity contribution is 7.89. The molecule has 5 heteroatoms. The van der Waals surface area contributed by atoms with Crippen LogP contribution in [0.3, 0.4) is 0 Å². The quantitative estimate of drug-likeness (QED) is 0.922. The molecule has 2 aromatic rings. The second kappa shape index (κ2) is 6.73. The Morgan fingerprint density at radius 1 is 1.05 bits per heavy atom. The lowest BCUT2D eigenvalue weighted by Crippen LogP contribution is -2.37. The normalized spacial score (nSPS) is 14.0. The number of rotatable bonds is 5. The van der Waals surface area contributed by atoms with E-state index in [-0.39, 0.29) is 10.8 Å². The molecule has 2 unspecified atom stereocenters. The van der Waals surface area contributed by atoms with Crippen molar-refractivity contribution in [2.24, 2.45) is 0 Å². The average molecular weight is 314 g/mol. The molecule has 4 nitrogen and oxygen atoms in total. The minimum absolute atomic E-state index is 0.165. The predicted octanol–water partition coefficient (Wildman–Crippen LogP) is 2.97. The zero-order valence-electron chi connectivity index (χ0n) is 12.5. The Morgan fingerprint density at radius 2 is 1.64 bits per heavy atom. The number of nitrogens with one attached hydrogen (secondary N) is 1. The fourth-order valence-corrected chi connectivity index (χ4v) is 3.36. The number of hydrogen-bond donors (Lipinski definition) is 1. The summed E-state index contributed by atoms with van der Waals surface area (Å²) in [6, 6.07) is 17.2. The lowest BCUT2D eigenvalue weighted by molar-refractivity contribution is 0.553. The van der Waals surface area contributed by atoms with Crippen LogP contribution in [0.1, 0.15) is 24.0 Å². The summed E-state index contributed by atoms with van der Waals surface area (Å²) in [5.41, 5.74) is 1.90. The third-order valence-electron chi connectivity index (χ3n) is 3.58. The van der Waals surface area contributed by atoms with Gasteiger partial charge >= 0.3 is 0 Å². The smallest absolute Gasteiger partial charge is 0.207 e. The number of nitriles is 1. The van der Waals surface area contributed by atoms with Crippen molar-refractivity contribution < 1.29 is 8.42 Å². The molecule has 0 spiro atoms. The van der Waals surface area contributed by atoms with Crippen LogP contribution in [0.5, 0.6) is 0 Å². The van der Waals surface area contributed by atoms with Gasteiger partial charge in [0.05, 0.1) is 11.0 Å². The molecule has 2 atom stereocenters. The van der Waals surface area contributed by atoms with Crippen LogP contribution in [0.25, 0.3) is 0 Å². The molecular formula is C17H18N2O2S. The van der Waals surface area contributed by atoms with E-state index in [1.54, 1.807) is 24.3 Å². The van der Waals surface area contributed by atoms with Gasteiger partial charge in [-0.25, -0.2) is 8.42 Å².